The van der Waals surface area contributed by atoms with E-state index in [1.54, 1.807) is 18.2 Å². The summed E-state index contributed by atoms with van der Waals surface area (Å²) >= 11 is 0. The van der Waals surface area contributed by atoms with Crippen molar-refractivity contribution in [1.82, 2.24) is 4.90 Å². The van der Waals surface area contributed by atoms with E-state index in [1.807, 2.05) is 6.07 Å². The maximum atomic E-state index is 12.3. The molecular formula is C15H21N3O2S. The molecule has 1 fully saturated rings. The van der Waals surface area contributed by atoms with Crippen LogP contribution in [0.5, 0.6) is 0 Å². The molecule has 0 amide bonds. The number of nitriles is 1. The molecule has 2 rings (SSSR count). The van der Waals surface area contributed by atoms with Gasteiger partial charge in [0.05, 0.1) is 22.3 Å². The highest BCUT2D eigenvalue weighted by Crippen LogP contribution is 2.17. The fraction of sp³-hybridized carbons (Fsp3) is 0.533. The molecule has 0 spiro atoms. The zero-order valence-corrected chi connectivity index (χ0v) is 12.8. The molecule has 21 heavy (non-hydrogen) atoms. The van der Waals surface area contributed by atoms with Crippen molar-refractivity contribution < 1.29 is 8.42 Å². The molecule has 2 N–H and O–H groups in total. The third-order valence-electron chi connectivity index (χ3n) is 4.04. The maximum absolute atomic E-state index is 12.3. The molecule has 1 aromatic carbocycles. The van der Waals surface area contributed by atoms with Crippen LogP contribution in [0.1, 0.15) is 18.4 Å². The van der Waals surface area contributed by atoms with E-state index >= 15 is 0 Å². The Balaban J connectivity index is 1.94. The van der Waals surface area contributed by atoms with E-state index in [0.717, 1.165) is 25.9 Å². The highest BCUT2D eigenvalue weighted by Gasteiger charge is 2.21. The van der Waals surface area contributed by atoms with E-state index in [2.05, 4.69) is 4.90 Å². The number of likely N-dealkylation sites (tertiary alicyclic amines) is 1. The summed E-state index contributed by atoms with van der Waals surface area (Å²) in [5.74, 6) is 0.667. The topological polar surface area (TPSA) is 87.2 Å². The minimum Gasteiger partial charge on any atom is -0.330 e. The van der Waals surface area contributed by atoms with Crippen LogP contribution in [0.15, 0.2) is 29.2 Å². The maximum Gasteiger partial charge on any atom is 0.179 e. The second kappa shape index (κ2) is 7.03. The summed E-state index contributed by atoms with van der Waals surface area (Å²) in [4.78, 5) is 2.41. The van der Waals surface area contributed by atoms with Gasteiger partial charge in [-0.25, -0.2) is 8.42 Å². The number of piperidine rings is 1. The van der Waals surface area contributed by atoms with Crippen molar-refractivity contribution in [2.45, 2.75) is 17.7 Å². The monoisotopic (exact) mass is 307 g/mol. The third-order valence-corrected chi connectivity index (χ3v) is 5.73. The van der Waals surface area contributed by atoms with Crippen molar-refractivity contribution in [3.05, 3.63) is 29.8 Å². The highest BCUT2D eigenvalue weighted by molar-refractivity contribution is 7.91. The van der Waals surface area contributed by atoms with Gasteiger partial charge in [0.15, 0.2) is 9.84 Å². The fourth-order valence-electron chi connectivity index (χ4n) is 2.57. The smallest absolute Gasteiger partial charge is 0.179 e. The molecule has 1 aliphatic heterocycles. The van der Waals surface area contributed by atoms with Crippen LogP contribution in [0.25, 0.3) is 0 Å². The van der Waals surface area contributed by atoms with Gasteiger partial charge < -0.3 is 10.6 Å². The van der Waals surface area contributed by atoms with Gasteiger partial charge in [0.25, 0.3) is 0 Å². The second-order valence-corrected chi connectivity index (χ2v) is 7.59. The molecule has 0 atom stereocenters. The molecule has 0 unspecified atom stereocenters. The Morgan fingerprint density at radius 2 is 2.05 bits per heavy atom. The van der Waals surface area contributed by atoms with Crippen LogP contribution in [-0.4, -0.2) is 45.2 Å². The lowest BCUT2D eigenvalue weighted by Crippen LogP contribution is -2.38. The first-order valence-corrected chi connectivity index (χ1v) is 8.86. The minimum atomic E-state index is -3.33. The molecule has 1 heterocycles. The van der Waals surface area contributed by atoms with Crippen molar-refractivity contribution in [3.8, 4) is 6.07 Å². The summed E-state index contributed by atoms with van der Waals surface area (Å²) in [5, 5.41) is 8.85. The summed E-state index contributed by atoms with van der Waals surface area (Å²) < 4.78 is 24.6. The Labute approximate surface area is 126 Å². The molecule has 0 saturated carbocycles. The number of nitrogens with two attached hydrogens (primary N) is 1. The molecule has 5 nitrogen and oxygen atoms in total. The normalized spacial score (nSPS) is 17.5. The van der Waals surface area contributed by atoms with E-state index in [1.165, 1.54) is 6.07 Å². The fourth-order valence-corrected chi connectivity index (χ4v) is 3.90. The Morgan fingerprint density at radius 1 is 1.33 bits per heavy atom. The predicted octanol–water partition coefficient (Wildman–Crippen LogP) is 1.00. The Bertz CT molecular complexity index is 614. The number of nitrogens with zero attached hydrogens (tertiary/aromatic N) is 2. The molecule has 0 aromatic heterocycles. The van der Waals surface area contributed by atoms with Crippen LogP contribution in [0, 0.1) is 17.2 Å². The van der Waals surface area contributed by atoms with Crippen molar-refractivity contribution in [2.24, 2.45) is 11.7 Å². The van der Waals surface area contributed by atoms with E-state index in [-0.39, 0.29) is 10.6 Å². The SMILES string of the molecule is N#Cc1cccc(S(=O)(=O)CCN2CCC(CN)CC2)c1. The number of sulfone groups is 1. The van der Waals surface area contributed by atoms with Crippen LogP contribution >= 0.6 is 0 Å². The predicted molar refractivity (Wildman–Crippen MR) is 81.4 cm³/mol. The zero-order chi connectivity index (χ0) is 15.3. The molecule has 1 aromatic rings. The summed E-state index contributed by atoms with van der Waals surface area (Å²) in [6, 6.07) is 8.18. The van der Waals surface area contributed by atoms with Gasteiger partial charge in [0.2, 0.25) is 0 Å². The number of hydrogen-bond acceptors (Lipinski definition) is 5. The van der Waals surface area contributed by atoms with Gasteiger partial charge in [-0.2, -0.15) is 5.26 Å². The molecule has 0 bridgehead atoms. The van der Waals surface area contributed by atoms with Crippen LogP contribution in [0.3, 0.4) is 0 Å². The van der Waals surface area contributed by atoms with Gasteiger partial charge in [-0.05, 0) is 56.6 Å². The molecule has 1 saturated heterocycles. The minimum absolute atomic E-state index is 0.0924. The highest BCUT2D eigenvalue weighted by atomic mass is 32.2. The first kappa shape index (κ1) is 16.0. The quantitative estimate of drug-likeness (QED) is 0.877. The Hall–Kier alpha value is -1.42. The lowest BCUT2D eigenvalue weighted by Gasteiger charge is -2.31. The van der Waals surface area contributed by atoms with Gasteiger partial charge in [-0.1, -0.05) is 6.07 Å². The first-order chi connectivity index (χ1) is 10.0. The first-order valence-electron chi connectivity index (χ1n) is 7.20. The summed E-state index contributed by atoms with van der Waals surface area (Å²) in [6.45, 7) is 3.08. The van der Waals surface area contributed by atoms with Crippen molar-refractivity contribution >= 4 is 9.84 Å². The Kier molecular flexibility index (Phi) is 5.34. The van der Waals surface area contributed by atoms with E-state index < -0.39 is 9.84 Å². The van der Waals surface area contributed by atoms with Crippen molar-refractivity contribution in [3.63, 3.8) is 0 Å². The largest absolute Gasteiger partial charge is 0.330 e. The summed E-state index contributed by atoms with van der Waals surface area (Å²) in [6.07, 6.45) is 2.08. The van der Waals surface area contributed by atoms with Crippen LogP contribution in [0.2, 0.25) is 0 Å². The van der Waals surface area contributed by atoms with Gasteiger partial charge >= 0.3 is 0 Å². The average Bonchev–Trinajstić information content (AvgIpc) is 2.53. The Morgan fingerprint density at radius 3 is 2.67 bits per heavy atom. The van der Waals surface area contributed by atoms with Crippen molar-refractivity contribution in [2.75, 3.05) is 31.9 Å². The number of benzene rings is 1. The second-order valence-electron chi connectivity index (χ2n) is 5.48. The van der Waals surface area contributed by atoms with E-state index in [0.29, 0.717) is 24.6 Å². The van der Waals surface area contributed by atoms with Crippen molar-refractivity contribution in [1.29, 1.82) is 5.26 Å². The van der Waals surface area contributed by atoms with Gasteiger partial charge in [0.1, 0.15) is 0 Å². The van der Waals surface area contributed by atoms with Crippen LogP contribution in [-0.2, 0) is 9.84 Å². The molecule has 0 aliphatic carbocycles. The number of hydrogen-bond donors (Lipinski definition) is 1. The molecule has 0 radical (unpaired) electrons. The van der Waals surface area contributed by atoms with Crippen LogP contribution in [0.4, 0.5) is 0 Å². The number of rotatable bonds is 5. The van der Waals surface area contributed by atoms with Gasteiger partial charge in [-0.15, -0.1) is 0 Å². The van der Waals surface area contributed by atoms with Gasteiger partial charge in [0, 0.05) is 6.54 Å². The third kappa shape index (κ3) is 4.27. The van der Waals surface area contributed by atoms with Crippen LogP contribution < -0.4 is 5.73 Å². The standard InChI is InChI=1S/C15H21N3O2S/c16-11-13-4-6-18(7-5-13)8-9-21(19,20)15-3-1-2-14(10-15)12-17/h1-3,10,13H,4-9,11,16H2. The summed E-state index contributed by atoms with van der Waals surface area (Å²) in [7, 11) is -3.33. The molecule has 114 valence electrons. The van der Waals surface area contributed by atoms with Gasteiger partial charge in [-0.3, -0.25) is 0 Å². The van der Waals surface area contributed by atoms with E-state index in [9.17, 15) is 8.42 Å². The lowest BCUT2D eigenvalue weighted by atomic mass is 9.97. The van der Waals surface area contributed by atoms with E-state index in [4.69, 9.17) is 11.0 Å². The molecule has 6 heteroatoms. The zero-order valence-electron chi connectivity index (χ0n) is 12.0. The lowest BCUT2D eigenvalue weighted by molar-refractivity contribution is 0.196. The average molecular weight is 307 g/mol. The summed E-state index contributed by atoms with van der Waals surface area (Å²) in [5.41, 5.74) is 6.03. The molecular weight excluding hydrogens is 286 g/mol. The molecule has 1 aliphatic rings.